The standard InChI is InChI=1S/C25H23N3O5/c1-26-14-20(29)28(23(26)32)17-8-6-16(7-9-17)24(10-11-24)22(31)27-13-12-25(15-27)19-5-3-2-4-18(19)21(30)33-25/h2-9,14,29H,10-13,15H2,1H3. The predicted octanol–water partition coefficient (Wildman–Crippen LogP) is 2.21. The van der Waals surface area contributed by atoms with Gasteiger partial charge in [-0.3, -0.25) is 9.36 Å². The summed E-state index contributed by atoms with van der Waals surface area (Å²) in [7, 11) is 1.58. The third kappa shape index (κ3) is 2.73. The quantitative estimate of drug-likeness (QED) is 0.624. The molecule has 1 aromatic heterocycles. The molecule has 1 saturated heterocycles. The molecule has 8 nitrogen and oxygen atoms in total. The minimum absolute atomic E-state index is 0.0484. The van der Waals surface area contributed by atoms with E-state index in [0.29, 0.717) is 30.8 Å². The molecule has 33 heavy (non-hydrogen) atoms. The Balaban J connectivity index is 1.26. The van der Waals surface area contributed by atoms with Gasteiger partial charge in [0.2, 0.25) is 11.8 Å². The van der Waals surface area contributed by atoms with Crippen molar-refractivity contribution in [1.29, 1.82) is 0 Å². The van der Waals surface area contributed by atoms with E-state index in [4.69, 9.17) is 4.74 Å². The van der Waals surface area contributed by atoms with Gasteiger partial charge >= 0.3 is 11.7 Å². The van der Waals surface area contributed by atoms with Crippen molar-refractivity contribution >= 4 is 11.9 Å². The van der Waals surface area contributed by atoms with Crippen LogP contribution in [0.2, 0.25) is 0 Å². The number of carbonyl (C=O) groups excluding carboxylic acids is 2. The molecule has 2 fully saturated rings. The van der Waals surface area contributed by atoms with Gasteiger partial charge in [-0.1, -0.05) is 30.3 Å². The first kappa shape index (κ1) is 19.8. The molecule has 3 heterocycles. The lowest BCUT2D eigenvalue weighted by atomic mass is 9.91. The van der Waals surface area contributed by atoms with Crippen LogP contribution in [0.3, 0.4) is 0 Å². The molecule has 1 unspecified atom stereocenters. The number of aromatic hydroxyl groups is 1. The summed E-state index contributed by atoms with van der Waals surface area (Å²) in [6.07, 6.45) is 3.45. The third-order valence-electron chi connectivity index (χ3n) is 7.31. The summed E-state index contributed by atoms with van der Waals surface area (Å²) in [6, 6.07) is 14.6. The van der Waals surface area contributed by atoms with Gasteiger partial charge in [-0.05, 0) is 36.6 Å². The van der Waals surface area contributed by atoms with Gasteiger partial charge in [0.15, 0.2) is 5.60 Å². The number of esters is 1. The van der Waals surface area contributed by atoms with Crippen molar-refractivity contribution in [1.82, 2.24) is 14.0 Å². The molecule has 1 spiro atoms. The van der Waals surface area contributed by atoms with Crippen LogP contribution in [-0.2, 0) is 27.6 Å². The number of fused-ring (bicyclic) bond motifs is 2. The van der Waals surface area contributed by atoms with Crippen LogP contribution >= 0.6 is 0 Å². The van der Waals surface area contributed by atoms with Crippen LogP contribution in [0.15, 0.2) is 59.5 Å². The molecule has 0 radical (unpaired) electrons. The van der Waals surface area contributed by atoms with Crippen molar-refractivity contribution in [3.8, 4) is 11.6 Å². The highest BCUT2D eigenvalue weighted by atomic mass is 16.6. The number of imidazole rings is 1. The highest BCUT2D eigenvalue weighted by Crippen LogP contribution is 2.52. The lowest BCUT2D eigenvalue weighted by molar-refractivity contribution is -0.134. The summed E-state index contributed by atoms with van der Waals surface area (Å²) in [5, 5.41) is 10.1. The Morgan fingerprint density at radius 3 is 2.42 bits per heavy atom. The van der Waals surface area contributed by atoms with E-state index in [9.17, 15) is 19.5 Å². The van der Waals surface area contributed by atoms with E-state index >= 15 is 0 Å². The molecule has 1 N–H and O–H groups in total. The van der Waals surface area contributed by atoms with E-state index in [1.54, 1.807) is 25.2 Å². The summed E-state index contributed by atoms with van der Waals surface area (Å²) in [5.74, 6) is -0.412. The number of rotatable bonds is 3. The Hall–Kier alpha value is -3.81. The maximum Gasteiger partial charge on any atom is 0.339 e. The molecule has 1 saturated carbocycles. The van der Waals surface area contributed by atoms with Crippen LogP contribution in [0, 0.1) is 0 Å². The molecule has 1 aliphatic carbocycles. The second kappa shape index (κ2) is 6.60. The van der Waals surface area contributed by atoms with Crippen LogP contribution in [0.1, 0.15) is 40.7 Å². The summed E-state index contributed by atoms with van der Waals surface area (Å²) >= 11 is 0. The fourth-order valence-corrected chi connectivity index (χ4v) is 5.37. The van der Waals surface area contributed by atoms with E-state index in [1.807, 2.05) is 35.2 Å². The third-order valence-corrected chi connectivity index (χ3v) is 7.31. The normalized spacial score (nSPS) is 22.5. The number of carbonyl (C=O) groups is 2. The zero-order valence-electron chi connectivity index (χ0n) is 18.2. The Morgan fingerprint density at radius 1 is 1.03 bits per heavy atom. The second-order valence-corrected chi connectivity index (χ2v) is 9.25. The highest BCUT2D eigenvalue weighted by molar-refractivity contribution is 5.96. The first-order valence-corrected chi connectivity index (χ1v) is 11.1. The van der Waals surface area contributed by atoms with Crippen molar-refractivity contribution in [3.63, 3.8) is 0 Å². The number of aromatic nitrogens is 2. The van der Waals surface area contributed by atoms with Crippen molar-refractivity contribution in [2.75, 3.05) is 13.1 Å². The maximum atomic E-state index is 13.6. The largest absolute Gasteiger partial charge is 0.493 e. The molecule has 8 heteroatoms. The van der Waals surface area contributed by atoms with Crippen molar-refractivity contribution in [2.45, 2.75) is 30.3 Å². The smallest absolute Gasteiger partial charge is 0.339 e. The van der Waals surface area contributed by atoms with Gasteiger partial charge in [-0.2, -0.15) is 0 Å². The molecule has 1 atom stereocenters. The zero-order valence-corrected chi connectivity index (χ0v) is 18.2. The lowest BCUT2D eigenvalue weighted by Crippen LogP contribution is -2.40. The molecule has 3 aliphatic rings. The average molecular weight is 445 g/mol. The average Bonchev–Trinajstić information content (AvgIpc) is 3.36. The highest BCUT2D eigenvalue weighted by Gasteiger charge is 2.57. The van der Waals surface area contributed by atoms with Gasteiger partial charge in [-0.25, -0.2) is 14.2 Å². The molecular weight excluding hydrogens is 422 g/mol. The van der Waals surface area contributed by atoms with E-state index < -0.39 is 11.0 Å². The fourth-order valence-electron chi connectivity index (χ4n) is 5.37. The molecular formula is C25H23N3O5. The molecule has 168 valence electrons. The number of benzene rings is 2. The Morgan fingerprint density at radius 2 is 1.76 bits per heavy atom. The van der Waals surface area contributed by atoms with Crippen LogP contribution in [0.5, 0.6) is 5.88 Å². The lowest BCUT2D eigenvalue weighted by Gasteiger charge is -2.27. The van der Waals surface area contributed by atoms with E-state index in [2.05, 4.69) is 0 Å². The Bertz CT molecular complexity index is 1370. The number of hydrogen-bond acceptors (Lipinski definition) is 5. The summed E-state index contributed by atoms with van der Waals surface area (Å²) in [4.78, 5) is 40.1. The van der Waals surface area contributed by atoms with Crippen LogP contribution < -0.4 is 5.69 Å². The topological polar surface area (TPSA) is 93.8 Å². The summed E-state index contributed by atoms with van der Waals surface area (Å²) in [5.41, 5.74) is 1.21. The monoisotopic (exact) mass is 445 g/mol. The Labute approximate surface area is 189 Å². The van der Waals surface area contributed by atoms with Crippen molar-refractivity contribution in [2.24, 2.45) is 7.05 Å². The molecule has 3 aromatic rings. The van der Waals surface area contributed by atoms with E-state index in [1.165, 1.54) is 15.3 Å². The first-order valence-electron chi connectivity index (χ1n) is 11.1. The number of ether oxygens (including phenoxy) is 1. The van der Waals surface area contributed by atoms with Gasteiger partial charge in [0, 0.05) is 25.6 Å². The van der Waals surface area contributed by atoms with Gasteiger partial charge in [0.1, 0.15) is 0 Å². The number of hydrogen-bond donors (Lipinski definition) is 1. The fraction of sp³-hybridized carbons (Fsp3) is 0.320. The number of likely N-dealkylation sites (tertiary alicyclic amines) is 1. The van der Waals surface area contributed by atoms with Gasteiger partial charge in [0.05, 0.1) is 29.4 Å². The second-order valence-electron chi connectivity index (χ2n) is 9.25. The minimum Gasteiger partial charge on any atom is -0.493 e. The van der Waals surface area contributed by atoms with Crippen LogP contribution in [0.4, 0.5) is 0 Å². The van der Waals surface area contributed by atoms with Gasteiger partial charge in [-0.15, -0.1) is 0 Å². The van der Waals surface area contributed by atoms with Crippen LogP contribution in [0.25, 0.3) is 5.69 Å². The number of amides is 1. The van der Waals surface area contributed by atoms with Crippen molar-refractivity contribution in [3.05, 3.63) is 81.9 Å². The molecule has 6 rings (SSSR count). The first-order chi connectivity index (χ1) is 15.8. The van der Waals surface area contributed by atoms with Crippen LogP contribution in [-0.4, -0.2) is 44.1 Å². The summed E-state index contributed by atoms with van der Waals surface area (Å²) in [6.45, 7) is 0.898. The maximum absolute atomic E-state index is 13.6. The summed E-state index contributed by atoms with van der Waals surface area (Å²) < 4.78 is 8.33. The zero-order chi connectivity index (χ0) is 23.0. The minimum atomic E-state index is -0.755. The van der Waals surface area contributed by atoms with E-state index in [0.717, 1.165) is 24.0 Å². The van der Waals surface area contributed by atoms with Crippen molar-refractivity contribution < 1.29 is 19.4 Å². The number of aryl methyl sites for hydroxylation is 1. The number of nitrogens with zero attached hydrogens (tertiary/aromatic N) is 3. The molecule has 2 aromatic carbocycles. The van der Waals surface area contributed by atoms with E-state index in [-0.39, 0.29) is 23.4 Å². The molecule has 1 amide bonds. The SMILES string of the molecule is Cn1cc(O)n(-c2ccc(C3(C(=O)N4CCC5(C4)OC(=O)c4ccccc45)CC3)cc2)c1=O. The van der Waals surface area contributed by atoms with Gasteiger partial charge < -0.3 is 14.7 Å². The Kier molecular flexibility index (Phi) is 3.97. The molecule has 0 bridgehead atoms. The predicted molar refractivity (Wildman–Crippen MR) is 118 cm³/mol. The molecule has 2 aliphatic heterocycles. The van der Waals surface area contributed by atoms with Gasteiger partial charge in [0.25, 0.3) is 0 Å².